The fraction of sp³-hybridized carbons (Fsp3) is 1.00. The Balaban J connectivity index is 2.24. The van der Waals surface area contributed by atoms with E-state index in [4.69, 9.17) is 0 Å². The van der Waals surface area contributed by atoms with E-state index in [0.29, 0.717) is 0 Å². The van der Waals surface area contributed by atoms with Crippen molar-refractivity contribution in [3.63, 3.8) is 0 Å². The minimum atomic E-state index is 0.720. The van der Waals surface area contributed by atoms with E-state index in [1.165, 1.54) is 32.4 Å². The summed E-state index contributed by atoms with van der Waals surface area (Å²) in [6.45, 7) is 11.7. The van der Waals surface area contributed by atoms with Crippen LogP contribution in [0.3, 0.4) is 0 Å². The third kappa shape index (κ3) is 5.68. The van der Waals surface area contributed by atoms with E-state index < -0.39 is 0 Å². The van der Waals surface area contributed by atoms with Crippen LogP contribution in [-0.2, 0) is 0 Å². The van der Waals surface area contributed by atoms with Crippen LogP contribution in [0.4, 0.5) is 0 Å². The Labute approximate surface area is 114 Å². The lowest BCUT2D eigenvalue weighted by Crippen LogP contribution is -2.43. The number of nitrogens with zero attached hydrogens (tertiary/aromatic N) is 2. The molecular weight excluding hydrogens is 222 g/mol. The highest BCUT2D eigenvalue weighted by Gasteiger charge is 2.28. The predicted octanol–water partition coefficient (Wildman–Crippen LogP) is 2.04. The highest BCUT2D eigenvalue weighted by atomic mass is 15.2. The molecule has 18 heavy (non-hydrogen) atoms. The number of likely N-dealkylation sites (N-methyl/N-ethyl adjacent to an activating group) is 1. The molecule has 1 rings (SSSR count). The number of nitrogens with one attached hydrogen (secondary N) is 1. The molecule has 3 nitrogen and oxygen atoms in total. The van der Waals surface area contributed by atoms with Crippen molar-refractivity contribution in [2.45, 2.75) is 52.1 Å². The maximum Gasteiger partial charge on any atom is 0.0226 e. The second-order valence-electron chi connectivity index (χ2n) is 6.53. The van der Waals surface area contributed by atoms with Crippen molar-refractivity contribution in [1.29, 1.82) is 0 Å². The first-order valence-electron chi connectivity index (χ1n) is 7.62. The normalized spacial score (nSPS) is 23.2. The molecule has 2 unspecified atom stereocenters. The maximum absolute atomic E-state index is 3.56. The van der Waals surface area contributed by atoms with Crippen LogP contribution in [0.5, 0.6) is 0 Å². The van der Waals surface area contributed by atoms with Crippen molar-refractivity contribution in [2.24, 2.45) is 5.92 Å². The second kappa shape index (κ2) is 8.13. The van der Waals surface area contributed by atoms with Crippen LogP contribution >= 0.6 is 0 Å². The van der Waals surface area contributed by atoms with Gasteiger partial charge in [-0.2, -0.15) is 0 Å². The SMILES string of the molecule is CC(C)CNCCC(C)N1CCCC1CN(C)C. The monoisotopic (exact) mass is 255 g/mol. The van der Waals surface area contributed by atoms with Crippen LogP contribution in [0, 0.1) is 5.92 Å². The van der Waals surface area contributed by atoms with E-state index in [9.17, 15) is 0 Å². The Morgan fingerprint density at radius 3 is 2.61 bits per heavy atom. The molecule has 1 aliphatic heterocycles. The van der Waals surface area contributed by atoms with Gasteiger partial charge < -0.3 is 10.2 Å². The van der Waals surface area contributed by atoms with Crippen LogP contribution in [0.2, 0.25) is 0 Å². The summed E-state index contributed by atoms with van der Waals surface area (Å²) >= 11 is 0. The van der Waals surface area contributed by atoms with E-state index in [1.54, 1.807) is 0 Å². The van der Waals surface area contributed by atoms with Gasteiger partial charge in [-0.15, -0.1) is 0 Å². The molecule has 0 bridgehead atoms. The highest BCUT2D eigenvalue weighted by Crippen LogP contribution is 2.21. The van der Waals surface area contributed by atoms with E-state index >= 15 is 0 Å². The van der Waals surface area contributed by atoms with Crippen LogP contribution < -0.4 is 5.32 Å². The number of hydrogen-bond acceptors (Lipinski definition) is 3. The van der Waals surface area contributed by atoms with Crippen molar-refractivity contribution in [3.8, 4) is 0 Å². The summed E-state index contributed by atoms with van der Waals surface area (Å²) in [7, 11) is 4.37. The molecule has 1 fully saturated rings. The van der Waals surface area contributed by atoms with Gasteiger partial charge in [0.2, 0.25) is 0 Å². The molecule has 0 aromatic carbocycles. The molecule has 0 aromatic rings. The summed E-state index contributed by atoms with van der Waals surface area (Å²) in [5, 5.41) is 3.56. The van der Waals surface area contributed by atoms with Crippen LogP contribution in [-0.4, -0.2) is 62.2 Å². The maximum atomic E-state index is 3.56. The molecule has 1 saturated heterocycles. The number of likely N-dealkylation sites (tertiary alicyclic amines) is 1. The average Bonchev–Trinajstić information content (AvgIpc) is 2.71. The summed E-state index contributed by atoms with van der Waals surface area (Å²) in [5.41, 5.74) is 0. The Hall–Kier alpha value is -0.120. The van der Waals surface area contributed by atoms with Crippen molar-refractivity contribution in [2.75, 3.05) is 40.3 Å². The van der Waals surface area contributed by atoms with Gasteiger partial charge in [0.25, 0.3) is 0 Å². The Kier molecular flexibility index (Phi) is 7.20. The average molecular weight is 255 g/mol. The van der Waals surface area contributed by atoms with Crippen LogP contribution in [0.1, 0.15) is 40.0 Å². The molecule has 0 aromatic heterocycles. The standard InChI is InChI=1S/C15H33N3/c1-13(2)11-16-9-8-14(3)18-10-6-7-15(18)12-17(4)5/h13-16H,6-12H2,1-5H3. The van der Waals surface area contributed by atoms with Gasteiger partial charge in [-0.25, -0.2) is 0 Å². The quantitative estimate of drug-likeness (QED) is 0.670. The Morgan fingerprint density at radius 2 is 2.00 bits per heavy atom. The zero-order valence-corrected chi connectivity index (χ0v) is 13.1. The van der Waals surface area contributed by atoms with Crippen molar-refractivity contribution < 1.29 is 0 Å². The second-order valence-corrected chi connectivity index (χ2v) is 6.53. The van der Waals surface area contributed by atoms with Gasteiger partial charge in [0.05, 0.1) is 0 Å². The lowest BCUT2D eigenvalue weighted by molar-refractivity contribution is 0.155. The van der Waals surface area contributed by atoms with Crippen molar-refractivity contribution >= 4 is 0 Å². The smallest absolute Gasteiger partial charge is 0.0226 e. The zero-order valence-electron chi connectivity index (χ0n) is 13.1. The molecule has 0 amide bonds. The van der Waals surface area contributed by atoms with Crippen molar-refractivity contribution in [1.82, 2.24) is 15.1 Å². The summed E-state index contributed by atoms with van der Waals surface area (Å²) in [4.78, 5) is 5.05. The first-order valence-corrected chi connectivity index (χ1v) is 7.62. The van der Waals surface area contributed by atoms with Crippen LogP contribution in [0.25, 0.3) is 0 Å². The molecule has 108 valence electrons. The number of hydrogen-bond donors (Lipinski definition) is 1. The summed E-state index contributed by atoms with van der Waals surface area (Å²) in [6, 6.07) is 1.50. The van der Waals surface area contributed by atoms with E-state index in [-0.39, 0.29) is 0 Å². The van der Waals surface area contributed by atoms with Gasteiger partial charge in [-0.1, -0.05) is 13.8 Å². The van der Waals surface area contributed by atoms with Gasteiger partial charge >= 0.3 is 0 Å². The molecular formula is C15H33N3. The highest BCUT2D eigenvalue weighted by molar-refractivity contribution is 4.84. The lowest BCUT2D eigenvalue weighted by Gasteiger charge is -2.32. The molecule has 1 N–H and O–H groups in total. The fourth-order valence-corrected chi connectivity index (χ4v) is 2.92. The van der Waals surface area contributed by atoms with Gasteiger partial charge in [0, 0.05) is 18.6 Å². The fourth-order valence-electron chi connectivity index (χ4n) is 2.92. The molecule has 0 aliphatic carbocycles. The molecule has 1 heterocycles. The van der Waals surface area contributed by atoms with E-state index in [0.717, 1.165) is 31.1 Å². The van der Waals surface area contributed by atoms with Crippen molar-refractivity contribution in [3.05, 3.63) is 0 Å². The third-order valence-corrected chi connectivity index (χ3v) is 3.86. The largest absolute Gasteiger partial charge is 0.316 e. The molecule has 2 atom stereocenters. The lowest BCUT2D eigenvalue weighted by atomic mass is 10.1. The van der Waals surface area contributed by atoms with Gasteiger partial charge in [0.15, 0.2) is 0 Å². The molecule has 0 spiro atoms. The van der Waals surface area contributed by atoms with Gasteiger partial charge in [0.1, 0.15) is 0 Å². The summed E-state index contributed by atoms with van der Waals surface area (Å²) in [5.74, 6) is 0.758. The minimum Gasteiger partial charge on any atom is -0.316 e. The minimum absolute atomic E-state index is 0.720. The first-order chi connectivity index (χ1) is 8.50. The molecule has 3 heteroatoms. The van der Waals surface area contributed by atoms with E-state index in [2.05, 4.69) is 50.0 Å². The Bertz CT molecular complexity index is 216. The van der Waals surface area contributed by atoms with Crippen LogP contribution in [0.15, 0.2) is 0 Å². The van der Waals surface area contributed by atoms with Gasteiger partial charge in [-0.3, -0.25) is 4.90 Å². The molecule has 1 aliphatic rings. The molecule has 0 radical (unpaired) electrons. The topological polar surface area (TPSA) is 18.5 Å². The van der Waals surface area contributed by atoms with E-state index in [1.807, 2.05) is 0 Å². The first kappa shape index (κ1) is 15.9. The molecule has 0 saturated carbocycles. The predicted molar refractivity (Wildman–Crippen MR) is 80.1 cm³/mol. The van der Waals surface area contributed by atoms with Gasteiger partial charge in [-0.05, 0) is 65.8 Å². The third-order valence-electron chi connectivity index (χ3n) is 3.86. The Morgan fingerprint density at radius 1 is 1.28 bits per heavy atom. The zero-order chi connectivity index (χ0) is 13.5. The summed E-state index contributed by atoms with van der Waals surface area (Å²) < 4.78 is 0. The number of rotatable bonds is 8. The summed E-state index contributed by atoms with van der Waals surface area (Å²) in [6.07, 6.45) is 4.03.